The molecule has 19 heavy (non-hydrogen) atoms. The largest absolute Gasteiger partial charge is 0.464 e. The third-order valence-corrected chi connectivity index (χ3v) is 3.61. The second-order valence-corrected chi connectivity index (χ2v) is 4.88. The number of nitrogens with zero attached hydrogens (tertiary/aromatic N) is 2. The Morgan fingerprint density at radius 3 is 3.05 bits per heavy atom. The molecule has 6 nitrogen and oxygen atoms in total. The maximum absolute atomic E-state index is 10.3. The van der Waals surface area contributed by atoms with Crippen LogP contribution in [0, 0.1) is 0 Å². The van der Waals surface area contributed by atoms with E-state index in [1.807, 2.05) is 29.7 Å². The number of aromatic nitrogens is 2. The van der Waals surface area contributed by atoms with Gasteiger partial charge in [-0.15, -0.1) is 11.3 Å². The molecule has 0 bridgehead atoms. The predicted octanol–water partition coefficient (Wildman–Crippen LogP) is 2.54. The molecule has 2 N–H and O–H groups in total. The van der Waals surface area contributed by atoms with E-state index in [0.29, 0.717) is 5.01 Å². The zero-order chi connectivity index (χ0) is 13.2. The van der Waals surface area contributed by atoms with Crippen LogP contribution in [0.25, 0.3) is 21.1 Å². The van der Waals surface area contributed by atoms with Gasteiger partial charge in [0.2, 0.25) is 0 Å². The van der Waals surface area contributed by atoms with E-state index in [1.54, 1.807) is 6.20 Å². The minimum absolute atomic E-state index is 0.0972. The van der Waals surface area contributed by atoms with E-state index in [0.717, 1.165) is 21.1 Å². The van der Waals surface area contributed by atoms with Crippen LogP contribution in [0.2, 0.25) is 0 Å². The van der Waals surface area contributed by atoms with Gasteiger partial charge in [-0.25, -0.2) is 9.78 Å². The van der Waals surface area contributed by atoms with E-state index in [9.17, 15) is 4.79 Å². The Morgan fingerprint density at radius 2 is 2.21 bits per heavy atom. The van der Waals surface area contributed by atoms with Gasteiger partial charge in [-0.2, -0.15) is 5.48 Å². The number of para-hydroxylation sites is 1. The second kappa shape index (κ2) is 4.79. The fourth-order valence-corrected chi connectivity index (χ4v) is 2.77. The first-order valence-electron chi connectivity index (χ1n) is 5.48. The van der Waals surface area contributed by atoms with Gasteiger partial charge >= 0.3 is 6.09 Å². The molecule has 3 aromatic rings. The lowest BCUT2D eigenvalue weighted by atomic mass is 10.2. The Hall–Kier alpha value is -2.25. The fourth-order valence-electron chi connectivity index (χ4n) is 1.79. The number of hydrogen-bond donors (Lipinski definition) is 2. The summed E-state index contributed by atoms with van der Waals surface area (Å²) in [7, 11) is 0. The van der Waals surface area contributed by atoms with Crippen LogP contribution >= 0.6 is 11.3 Å². The van der Waals surface area contributed by atoms with Gasteiger partial charge in [-0.05, 0) is 6.07 Å². The summed E-state index contributed by atoms with van der Waals surface area (Å²) < 4.78 is 1.03. The summed E-state index contributed by atoms with van der Waals surface area (Å²) in [5.74, 6) is 0. The minimum Gasteiger partial charge on any atom is -0.464 e. The lowest BCUT2D eigenvalue weighted by Crippen LogP contribution is -2.20. The van der Waals surface area contributed by atoms with Crippen LogP contribution in [0.5, 0.6) is 0 Å². The number of nitrogens with one attached hydrogen (secondary N) is 1. The summed E-state index contributed by atoms with van der Waals surface area (Å²) in [4.78, 5) is 23.8. The summed E-state index contributed by atoms with van der Waals surface area (Å²) in [6.45, 7) is 0.0972. The molecule has 0 fully saturated rings. The molecule has 2 heterocycles. The van der Waals surface area contributed by atoms with Crippen LogP contribution in [0.1, 0.15) is 5.01 Å². The molecule has 0 aliphatic rings. The highest BCUT2D eigenvalue weighted by Gasteiger charge is 2.08. The third kappa shape index (κ3) is 2.33. The molecular weight excluding hydrogens is 266 g/mol. The lowest BCUT2D eigenvalue weighted by molar-refractivity contribution is 0.0314. The molecule has 0 unspecified atom stereocenters. The van der Waals surface area contributed by atoms with Crippen molar-refractivity contribution in [3.05, 3.63) is 35.5 Å². The Bertz CT molecular complexity index is 756. The molecule has 0 saturated heterocycles. The summed E-state index contributed by atoms with van der Waals surface area (Å²) in [6.07, 6.45) is 0.482. The van der Waals surface area contributed by atoms with E-state index in [4.69, 9.17) is 9.94 Å². The first-order valence-corrected chi connectivity index (χ1v) is 6.29. The molecule has 0 aliphatic heterocycles. The number of rotatable bonds is 3. The molecule has 7 heteroatoms. The SMILES string of the molecule is O=C(O)NOCc1nc2cnc3ccccc3c2s1. The van der Waals surface area contributed by atoms with Gasteiger partial charge in [0, 0.05) is 5.39 Å². The number of carboxylic acid groups (broad SMARTS) is 1. The topological polar surface area (TPSA) is 84.3 Å². The third-order valence-electron chi connectivity index (χ3n) is 2.53. The molecule has 1 amide bonds. The summed E-state index contributed by atoms with van der Waals surface area (Å²) in [5.41, 5.74) is 3.54. The zero-order valence-electron chi connectivity index (χ0n) is 9.66. The number of carbonyl (C=O) groups is 1. The quantitative estimate of drug-likeness (QED) is 0.717. The highest BCUT2D eigenvalue weighted by molar-refractivity contribution is 7.19. The Balaban J connectivity index is 1.96. The first-order chi connectivity index (χ1) is 9.24. The Kier molecular flexibility index (Phi) is 2.98. The number of fused-ring (bicyclic) bond motifs is 3. The predicted molar refractivity (Wildman–Crippen MR) is 70.9 cm³/mol. The molecule has 1 aromatic carbocycles. The van der Waals surface area contributed by atoms with E-state index < -0.39 is 6.09 Å². The number of hydroxylamine groups is 1. The molecule has 0 radical (unpaired) electrons. The number of hydrogen-bond acceptors (Lipinski definition) is 5. The smallest absolute Gasteiger partial charge is 0.428 e. The van der Waals surface area contributed by atoms with Gasteiger partial charge in [-0.3, -0.25) is 9.82 Å². The molecule has 0 spiro atoms. The van der Waals surface area contributed by atoms with E-state index >= 15 is 0 Å². The maximum Gasteiger partial charge on any atom is 0.428 e. The average Bonchev–Trinajstić information content (AvgIpc) is 2.81. The fraction of sp³-hybridized carbons (Fsp3) is 0.0833. The van der Waals surface area contributed by atoms with Crippen LogP contribution < -0.4 is 5.48 Å². The molecule has 0 aliphatic carbocycles. The monoisotopic (exact) mass is 275 g/mol. The normalized spacial score (nSPS) is 10.9. The zero-order valence-corrected chi connectivity index (χ0v) is 10.5. The molecule has 0 saturated carbocycles. The number of pyridine rings is 1. The lowest BCUT2D eigenvalue weighted by Gasteiger charge is -1.97. The van der Waals surface area contributed by atoms with E-state index in [2.05, 4.69) is 9.97 Å². The maximum atomic E-state index is 10.3. The highest BCUT2D eigenvalue weighted by Crippen LogP contribution is 2.28. The molecule has 3 rings (SSSR count). The van der Waals surface area contributed by atoms with Gasteiger partial charge < -0.3 is 5.11 Å². The highest BCUT2D eigenvalue weighted by atomic mass is 32.1. The standard InChI is InChI=1S/C12H9N3O3S/c16-12(17)15-18-6-10-14-9-5-13-8-4-2-1-3-7(8)11(9)19-10/h1-5,15H,6H2,(H,16,17). The summed E-state index contributed by atoms with van der Waals surface area (Å²) in [6, 6.07) is 7.81. The summed E-state index contributed by atoms with van der Waals surface area (Å²) >= 11 is 1.47. The van der Waals surface area contributed by atoms with Crippen molar-refractivity contribution in [1.29, 1.82) is 0 Å². The Morgan fingerprint density at radius 1 is 1.37 bits per heavy atom. The molecule has 2 aromatic heterocycles. The van der Waals surface area contributed by atoms with Crippen LogP contribution in [0.15, 0.2) is 30.5 Å². The van der Waals surface area contributed by atoms with Crippen molar-refractivity contribution in [1.82, 2.24) is 15.4 Å². The van der Waals surface area contributed by atoms with Gasteiger partial charge in [0.1, 0.15) is 17.1 Å². The van der Waals surface area contributed by atoms with Crippen LogP contribution in [-0.4, -0.2) is 21.2 Å². The van der Waals surface area contributed by atoms with Crippen LogP contribution in [-0.2, 0) is 11.4 Å². The second-order valence-electron chi connectivity index (χ2n) is 3.79. The van der Waals surface area contributed by atoms with Crippen molar-refractivity contribution >= 4 is 38.5 Å². The summed E-state index contributed by atoms with van der Waals surface area (Å²) in [5, 5.41) is 10.1. The van der Waals surface area contributed by atoms with E-state index in [1.165, 1.54) is 11.3 Å². The van der Waals surface area contributed by atoms with Gasteiger partial charge in [0.25, 0.3) is 0 Å². The number of thiazole rings is 1. The van der Waals surface area contributed by atoms with Gasteiger partial charge in [0.15, 0.2) is 0 Å². The van der Waals surface area contributed by atoms with Crippen LogP contribution in [0.4, 0.5) is 4.79 Å². The van der Waals surface area contributed by atoms with E-state index in [-0.39, 0.29) is 6.61 Å². The van der Waals surface area contributed by atoms with Crippen molar-refractivity contribution in [2.45, 2.75) is 6.61 Å². The average molecular weight is 275 g/mol. The van der Waals surface area contributed by atoms with Crippen molar-refractivity contribution in [2.24, 2.45) is 0 Å². The van der Waals surface area contributed by atoms with Crippen molar-refractivity contribution in [3.63, 3.8) is 0 Å². The number of benzene rings is 1. The van der Waals surface area contributed by atoms with Crippen molar-refractivity contribution in [2.75, 3.05) is 0 Å². The minimum atomic E-state index is -1.23. The van der Waals surface area contributed by atoms with Crippen LogP contribution in [0.3, 0.4) is 0 Å². The van der Waals surface area contributed by atoms with Crippen molar-refractivity contribution < 1.29 is 14.7 Å². The Labute approximate surface area is 111 Å². The molecule has 96 valence electrons. The number of amides is 1. The van der Waals surface area contributed by atoms with Gasteiger partial charge in [-0.1, -0.05) is 18.2 Å². The van der Waals surface area contributed by atoms with Crippen molar-refractivity contribution in [3.8, 4) is 0 Å². The first kappa shape index (κ1) is 11.8. The molecule has 0 atom stereocenters. The molecular formula is C12H9N3O3S. The van der Waals surface area contributed by atoms with Gasteiger partial charge in [0.05, 0.1) is 16.4 Å².